The van der Waals surface area contributed by atoms with Crippen LogP contribution in [0.3, 0.4) is 0 Å². The minimum atomic E-state index is 0.699. The maximum Gasteiger partial charge on any atom is 0.0700 e. The molecule has 5 rings (SSSR count). The van der Waals surface area contributed by atoms with Gasteiger partial charge in [-0.2, -0.15) is 5.10 Å². The van der Waals surface area contributed by atoms with E-state index in [9.17, 15) is 0 Å². The molecule has 26 heavy (non-hydrogen) atoms. The number of aromatic amines is 1. The number of aromatic nitrogens is 4. The second-order valence-electron chi connectivity index (χ2n) is 7.64. The van der Waals surface area contributed by atoms with Crippen molar-refractivity contribution in [2.45, 2.75) is 51.2 Å². The molecule has 1 fully saturated rings. The Hall–Kier alpha value is -2.40. The highest BCUT2D eigenvalue weighted by molar-refractivity contribution is 5.31. The number of nitrogens with one attached hydrogen (secondary N) is 1. The second-order valence-corrected chi connectivity index (χ2v) is 7.64. The number of hydrogen-bond acceptors (Lipinski definition) is 3. The van der Waals surface area contributed by atoms with Crippen molar-refractivity contribution in [2.75, 3.05) is 6.54 Å². The summed E-state index contributed by atoms with van der Waals surface area (Å²) in [4.78, 5) is 6.80. The van der Waals surface area contributed by atoms with Crippen LogP contribution in [0, 0.1) is 0 Å². The van der Waals surface area contributed by atoms with Crippen molar-refractivity contribution >= 4 is 0 Å². The maximum atomic E-state index is 4.66. The molecule has 1 N–H and O–H groups in total. The first kappa shape index (κ1) is 15.8. The van der Waals surface area contributed by atoms with Crippen molar-refractivity contribution in [1.82, 2.24) is 24.6 Å². The van der Waals surface area contributed by atoms with Crippen LogP contribution in [-0.4, -0.2) is 31.2 Å². The van der Waals surface area contributed by atoms with Crippen molar-refractivity contribution in [1.29, 1.82) is 0 Å². The van der Waals surface area contributed by atoms with Crippen LogP contribution in [0.15, 0.2) is 42.9 Å². The van der Waals surface area contributed by atoms with Crippen LogP contribution in [0.2, 0.25) is 0 Å². The number of hydrogen-bond donors (Lipinski definition) is 1. The van der Waals surface area contributed by atoms with Gasteiger partial charge >= 0.3 is 0 Å². The lowest BCUT2D eigenvalue weighted by atomic mass is 9.81. The zero-order chi connectivity index (χ0) is 17.3. The van der Waals surface area contributed by atoms with Gasteiger partial charge in [-0.15, -0.1) is 0 Å². The molecule has 0 unspecified atom stereocenters. The van der Waals surface area contributed by atoms with Gasteiger partial charge in [-0.1, -0.05) is 12.5 Å². The van der Waals surface area contributed by atoms with E-state index >= 15 is 0 Å². The topological polar surface area (TPSA) is 49.7 Å². The van der Waals surface area contributed by atoms with Gasteiger partial charge in [0.05, 0.1) is 5.69 Å². The van der Waals surface area contributed by atoms with Crippen LogP contribution in [0.4, 0.5) is 0 Å². The third kappa shape index (κ3) is 2.97. The quantitative estimate of drug-likeness (QED) is 0.769. The molecule has 0 amide bonds. The average Bonchev–Trinajstić information content (AvgIpc) is 3.22. The Bertz CT molecular complexity index is 875. The highest BCUT2D eigenvalue weighted by Crippen LogP contribution is 2.38. The Morgan fingerprint density at radius 3 is 2.92 bits per heavy atom. The predicted molar refractivity (Wildman–Crippen MR) is 101 cm³/mol. The van der Waals surface area contributed by atoms with Gasteiger partial charge in [0.15, 0.2) is 0 Å². The summed E-state index contributed by atoms with van der Waals surface area (Å²) in [7, 11) is 0. The summed E-state index contributed by atoms with van der Waals surface area (Å²) in [6.45, 7) is 3.99. The molecule has 5 nitrogen and oxygen atoms in total. The molecule has 0 atom stereocenters. The molecule has 4 heterocycles. The number of fused-ring (bicyclic) bond motifs is 1. The predicted octanol–water partition coefficient (Wildman–Crippen LogP) is 3.48. The van der Waals surface area contributed by atoms with Crippen LogP contribution in [0.25, 0.3) is 0 Å². The normalized spacial score (nSPS) is 17.8. The number of nitrogens with zero attached hydrogens (tertiary/aromatic N) is 4. The van der Waals surface area contributed by atoms with Gasteiger partial charge in [0.1, 0.15) is 0 Å². The van der Waals surface area contributed by atoms with Gasteiger partial charge < -0.3 is 4.57 Å². The van der Waals surface area contributed by atoms with E-state index in [1.54, 1.807) is 0 Å². The molecule has 3 aromatic rings. The summed E-state index contributed by atoms with van der Waals surface area (Å²) >= 11 is 0. The molecular weight excluding hydrogens is 322 g/mol. The third-order valence-electron chi connectivity index (χ3n) is 5.92. The van der Waals surface area contributed by atoms with E-state index in [0.717, 1.165) is 32.6 Å². The number of rotatable bonds is 5. The van der Waals surface area contributed by atoms with E-state index in [-0.39, 0.29) is 0 Å². The van der Waals surface area contributed by atoms with Gasteiger partial charge in [-0.3, -0.25) is 15.0 Å². The largest absolute Gasteiger partial charge is 0.346 e. The second kappa shape index (κ2) is 6.72. The Morgan fingerprint density at radius 1 is 1.15 bits per heavy atom. The van der Waals surface area contributed by atoms with E-state index in [4.69, 9.17) is 0 Å². The first-order chi connectivity index (χ1) is 12.9. The van der Waals surface area contributed by atoms with E-state index in [1.165, 1.54) is 47.5 Å². The van der Waals surface area contributed by atoms with Gasteiger partial charge in [0, 0.05) is 74.1 Å². The van der Waals surface area contributed by atoms with Crippen LogP contribution in [-0.2, 0) is 26.1 Å². The number of H-pyrrole nitrogens is 1. The molecule has 1 aliphatic carbocycles. The molecule has 0 bridgehead atoms. The molecule has 1 saturated carbocycles. The number of pyridine rings is 1. The lowest BCUT2D eigenvalue weighted by Gasteiger charge is -2.30. The molecule has 0 radical (unpaired) electrons. The van der Waals surface area contributed by atoms with Crippen LogP contribution < -0.4 is 0 Å². The lowest BCUT2D eigenvalue weighted by molar-refractivity contribution is 0.236. The van der Waals surface area contributed by atoms with E-state index in [1.807, 2.05) is 18.5 Å². The molecule has 3 aromatic heterocycles. The maximum absolute atomic E-state index is 4.66. The summed E-state index contributed by atoms with van der Waals surface area (Å²) in [6, 6.07) is 8.54. The van der Waals surface area contributed by atoms with Crippen LogP contribution in [0.5, 0.6) is 0 Å². The highest BCUT2D eigenvalue weighted by Gasteiger charge is 2.29. The molecule has 134 valence electrons. The van der Waals surface area contributed by atoms with Crippen LogP contribution in [0.1, 0.15) is 53.4 Å². The fraction of sp³-hybridized carbons (Fsp3) is 0.429. The zero-order valence-corrected chi connectivity index (χ0v) is 15.1. The molecule has 1 aliphatic heterocycles. The molecule has 0 saturated heterocycles. The van der Waals surface area contributed by atoms with Gasteiger partial charge in [0.2, 0.25) is 0 Å². The Kier molecular flexibility index (Phi) is 4.09. The SMILES string of the molecule is c1cncc(Cn2cccc2CN2CCc3[nH]nc(C4CCC4)c3C2)c1. The van der Waals surface area contributed by atoms with Gasteiger partial charge in [-0.25, -0.2) is 0 Å². The van der Waals surface area contributed by atoms with Crippen molar-refractivity contribution in [3.8, 4) is 0 Å². The molecule has 2 aliphatic rings. The van der Waals surface area contributed by atoms with Crippen molar-refractivity contribution < 1.29 is 0 Å². The summed E-state index contributed by atoms with van der Waals surface area (Å²) in [6.07, 6.45) is 11.0. The summed E-state index contributed by atoms with van der Waals surface area (Å²) < 4.78 is 2.34. The lowest BCUT2D eigenvalue weighted by Crippen LogP contribution is -2.31. The Balaban J connectivity index is 1.31. The first-order valence-corrected chi connectivity index (χ1v) is 9.68. The summed E-state index contributed by atoms with van der Waals surface area (Å²) in [5.41, 5.74) is 6.81. The minimum absolute atomic E-state index is 0.699. The van der Waals surface area contributed by atoms with E-state index < -0.39 is 0 Å². The molecular formula is C21H25N5. The Labute approximate surface area is 154 Å². The smallest absolute Gasteiger partial charge is 0.0700 e. The van der Waals surface area contributed by atoms with Crippen molar-refractivity contribution in [3.63, 3.8) is 0 Å². The van der Waals surface area contributed by atoms with Gasteiger partial charge in [0.25, 0.3) is 0 Å². The van der Waals surface area contributed by atoms with Crippen molar-refractivity contribution in [3.05, 3.63) is 71.1 Å². The fourth-order valence-electron chi connectivity index (χ4n) is 4.19. The molecule has 0 aromatic carbocycles. The fourth-order valence-corrected chi connectivity index (χ4v) is 4.19. The Morgan fingerprint density at radius 2 is 2.12 bits per heavy atom. The third-order valence-corrected chi connectivity index (χ3v) is 5.92. The van der Waals surface area contributed by atoms with Gasteiger partial charge in [-0.05, 0) is 36.6 Å². The van der Waals surface area contributed by atoms with E-state index in [2.05, 4.69) is 49.0 Å². The molecule has 5 heteroatoms. The summed E-state index contributed by atoms with van der Waals surface area (Å²) in [5, 5.41) is 7.97. The van der Waals surface area contributed by atoms with Crippen LogP contribution >= 0.6 is 0 Å². The zero-order valence-electron chi connectivity index (χ0n) is 15.1. The molecule has 0 spiro atoms. The average molecular weight is 347 g/mol. The van der Waals surface area contributed by atoms with E-state index in [0.29, 0.717) is 5.92 Å². The monoisotopic (exact) mass is 347 g/mol. The summed E-state index contributed by atoms with van der Waals surface area (Å²) in [5.74, 6) is 0.699. The minimum Gasteiger partial charge on any atom is -0.346 e. The van der Waals surface area contributed by atoms with Crippen molar-refractivity contribution in [2.24, 2.45) is 0 Å². The standard InChI is InChI=1S/C21H25N5/c1-5-17(6-1)21-19-15-25(11-8-20(19)23-24-21)14-18-7-3-10-26(18)13-16-4-2-9-22-12-16/h2-4,7,9-10,12,17H,1,5-6,8,11,13-15H2,(H,23,24). The first-order valence-electron chi connectivity index (χ1n) is 9.68. The highest BCUT2D eigenvalue weighted by atomic mass is 15.2.